The summed E-state index contributed by atoms with van der Waals surface area (Å²) in [5.41, 5.74) is 4.01. The van der Waals surface area contributed by atoms with Gasteiger partial charge in [0, 0.05) is 24.8 Å². The molecule has 0 unspecified atom stereocenters. The van der Waals surface area contributed by atoms with E-state index in [1.165, 1.54) is 0 Å². The van der Waals surface area contributed by atoms with Gasteiger partial charge in [-0.1, -0.05) is 12.1 Å². The van der Waals surface area contributed by atoms with E-state index in [0.29, 0.717) is 23.4 Å². The van der Waals surface area contributed by atoms with Gasteiger partial charge in [0.05, 0.1) is 34.2 Å². The third-order valence-corrected chi connectivity index (χ3v) is 5.12. The van der Waals surface area contributed by atoms with Crippen molar-refractivity contribution in [1.29, 1.82) is 5.26 Å². The minimum absolute atomic E-state index is 0.0960. The fraction of sp³-hybridized carbons (Fsp3) is 0.292. The van der Waals surface area contributed by atoms with Crippen LogP contribution in [0.4, 0.5) is 0 Å². The minimum atomic E-state index is -1.04. The van der Waals surface area contributed by atoms with Gasteiger partial charge in [0.15, 0.2) is 5.65 Å². The van der Waals surface area contributed by atoms with Crippen LogP contribution in [0.5, 0.6) is 0 Å². The van der Waals surface area contributed by atoms with E-state index in [1.807, 2.05) is 36.7 Å². The highest BCUT2D eigenvalue weighted by Gasteiger charge is 2.23. The second-order valence-electron chi connectivity index (χ2n) is 8.48. The van der Waals surface area contributed by atoms with Gasteiger partial charge in [-0.2, -0.15) is 15.5 Å². The number of rotatable bonds is 6. The van der Waals surface area contributed by atoms with Gasteiger partial charge in [0.1, 0.15) is 11.4 Å². The summed E-state index contributed by atoms with van der Waals surface area (Å²) in [6.45, 7) is 7.90. The molecule has 9 heteroatoms. The monoisotopic (exact) mass is 443 g/mol. The average molecular weight is 444 g/mol. The van der Waals surface area contributed by atoms with E-state index < -0.39 is 5.60 Å². The first kappa shape index (κ1) is 22.2. The highest BCUT2D eigenvalue weighted by Crippen LogP contribution is 2.35. The molecular weight excluding hydrogens is 418 g/mol. The molecule has 9 nitrogen and oxygen atoms in total. The van der Waals surface area contributed by atoms with Crippen LogP contribution in [0, 0.1) is 18.3 Å². The maximum Gasteiger partial charge on any atom is 0.270 e. The second kappa shape index (κ2) is 8.48. The summed E-state index contributed by atoms with van der Waals surface area (Å²) in [5.74, 6) is -0.389. The molecule has 0 radical (unpaired) electrons. The van der Waals surface area contributed by atoms with Crippen LogP contribution < -0.4 is 5.32 Å². The second-order valence-corrected chi connectivity index (χ2v) is 8.48. The molecule has 168 valence electrons. The molecule has 0 aliphatic carbocycles. The zero-order valence-corrected chi connectivity index (χ0v) is 19.0. The Hall–Kier alpha value is -4.03. The van der Waals surface area contributed by atoms with Gasteiger partial charge in [-0.15, -0.1) is 0 Å². The number of nitrogens with zero attached hydrogens (tertiary/aromatic N) is 6. The van der Waals surface area contributed by atoms with Crippen molar-refractivity contribution < 1.29 is 9.90 Å². The van der Waals surface area contributed by atoms with Crippen LogP contribution >= 0.6 is 0 Å². The Morgan fingerprint density at radius 1 is 1.24 bits per heavy atom. The Bertz CT molecular complexity index is 1390. The van der Waals surface area contributed by atoms with Gasteiger partial charge in [0.2, 0.25) is 0 Å². The maximum absolute atomic E-state index is 12.7. The molecule has 0 spiro atoms. The fourth-order valence-electron chi connectivity index (χ4n) is 3.60. The van der Waals surface area contributed by atoms with Crippen LogP contribution in [0.3, 0.4) is 0 Å². The minimum Gasteiger partial charge on any atom is -0.389 e. The molecule has 0 saturated carbocycles. The number of aryl methyl sites for hydroxylation is 2. The summed E-state index contributed by atoms with van der Waals surface area (Å²) < 4.78 is 3.49. The van der Waals surface area contributed by atoms with Crippen LogP contribution in [0.1, 0.15) is 42.5 Å². The fourth-order valence-corrected chi connectivity index (χ4v) is 3.60. The Labute approximate surface area is 191 Å². The topological polar surface area (TPSA) is 121 Å². The van der Waals surface area contributed by atoms with Crippen molar-refractivity contribution in [1.82, 2.24) is 29.7 Å². The number of carbonyl (C=O) groups is 1. The normalized spacial score (nSPS) is 11.5. The molecule has 2 N–H and O–H groups in total. The summed E-state index contributed by atoms with van der Waals surface area (Å²) >= 11 is 0. The lowest BCUT2D eigenvalue weighted by Gasteiger charge is -2.17. The summed E-state index contributed by atoms with van der Waals surface area (Å²) in [7, 11) is 0. The number of amides is 1. The summed E-state index contributed by atoms with van der Waals surface area (Å²) in [6, 6.07) is 12.9. The van der Waals surface area contributed by atoms with Gasteiger partial charge in [-0.25, -0.2) is 9.50 Å². The van der Waals surface area contributed by atoms with Crippen LogP contribution in [0.25, 0.3) is 28.2 Å². The van der Waals surface area contributed by atoms with Gasteiger partial charge in [-0.05, 0) is 52.0 Å². The molecule has 0 saturated heterocycles. The molecule has 3 heterocycles. The zero-order chi connectivity index (χ0) is 23.8. The van der Waals surface area contributed by atoms with Crippen LogP contribution in [-0.4, -0.2) is 47.5 Å². The van der Waals surface area contributed by atoms with E-state index in [9.17, 15) is 15.2 Å². The average Bonchev–Trinajstić information content (AvgIpc) is 3.36. The summed E-state index contributed by atoms with van der Waals surface area (Å²) in [5, 5.41) is 31.3. The lowest BCUT2D eigenvalue weighted by Crippen LogP contribution is -2.38. The maximum atomic E-state index is 12.7. The summed E-state index contributed by atoms with van der Waals surface area (Å²) in [6.07, 6.45) is 1.68. The van der Waals surface area contributed by atoms with Gasteiger partial charge >= 0.3 is 0 Å². The molecule has 4 aromatic rings. The van der Waals surface area contributed by atoms with E-state index in [2.05, 4.69) is 21.5 Å². The standard InChI is InChI=1S/C24H25N7O2/c1-5-30-19(11-15(2)28-30)20-21(17-8-6-7-16(12-17)13-25)29-31-10-9-18(27-22(20)31)23(32)26-14-24(3,4)33/h6-12,33H,5,14H2,1-4H3,(H,26,32). The first-order chi connectivity index (χ1) is 15.7. The molecule has 4 rings (SSSR count). The van der Waals surface area contributed by atoms with Crippen molar-refractivity contribution in [3.05, 3.63) is 59.5 Å². The van der Waals surface area contributed by atoms with Crippen molar-refractivity contribution in [2.45, 2.75) is 39.8 Å². The molecular formula is C24H25N7O2. The Morgan fingerprint density at radius 2 is 2.03 bits per heavy atom. The number of benzene rings is 1. The van der Waals surface area contributed by atoms with Crippen LogP contribution in [0.2, 0.25) is 0 Å². The van der Waals surface area contributed by atoms with E-state index in [4.69, 9.17) is 5.10 Å². The number of aromatic nitrogens is 5. The van der Waals surface area contributed by atoms with Crippen molar-refractivity contribution in [2.75, 3.05) is 6.54 Å². The first-order valence-electron chi connectivity index (χ1n) is 10.7. The molecule has 0 aliphatic heterocycles. The third-order valence-electron chi connectivity index (χ3n) is 5.12. The SMILES string of the molecule is CCn1nc(C)cc1-c1c(-c2cccc(C#N)c2)nn2ccc(C(=O)NCC(C)(C)O)nc12. The smallest absolute Gasteiger partial charge is 0.270 e. The van der Waals surface area contributed by atoms with Gasteiger partial charge < -0.3 is 10.4 Å². The molecule has 0 atom stereocenters. The molecule has 0 fully saturated rings. The lowest BCUT2D eigenvalue weighted by molar-refractivity contribution is 0.0692. The zero-order valence-electron chi connectivity index (χ0n) is 19.0. The number of fused-ring (bicyclic) bond motifs is 1. The van der Waals surface area contributed by atoms with Gasteiger partial charge in [0.25, 0.3) is 5.91 Å². The molecule has 1 amide bonds. The first-order valence-corrected chi connectivity index (χ1v) is 10.7. The van der Waals surface area contributed by atoms with Crippen LogP contribution in [-0.2, 0) is 6.54 Å². The number of hydrogen-bond acceptors (Lipinski definition) is 6. The van der Waals surface area contributed by atoms with E-state index in [-0.39, 0.29) is 18.1 Å². The summed E-state index contributed by atoms with van der Waals surface area (Å²) in [4.78, 5) is 17.3. The number of nitriles is 1. The number of carbonyl (C=O) groups excluding carboxylic acids is 1. The highest BCUT2D eigenvalue weighted by atomic mass is 16.3. The van der Waals surface area contributed by atoms with Gasteiger partial charge in [-0.3, -0.25) is 9.48 Å². The van der Waals surface area contributed by atoms with Crippen LogP contribution in [0.15, 0.2) is 42.6 Å². The quantitative estimate of drug-likeness (QED) is 0.473. The van der Waals surface area contributed by atoms with Crippen molar-refractivity contribution in [2.24, 2.45) is 0 Å². The molecule has 1 aromatic carbocycles. The molecule has 3 aromatic heterocycles. The number of nitrogens with one attached hydrogen (secondary N) is 1. The largest absolute Gasteiger partial charge is 0.389 e. The molecule has 0 bridgehead atoms. The highest BCUT2D eigenvalue weighted by molar-refractivity contribution is 5.95. The van der Waals surface area contributed by atoms with Crippen molar-refractivity contribution in [3.8, 4) is 28.6 Å². The lowest BCUT2D eigenvalue weighted by atomic mass is 10.0. The van der Waals surface area contributed by atoms with E-state index >= 15 is 0 Å². The van der Waals surface area contributed by atoms with E-state index in [0.717, 1.165) is 22.5 Å². The van der Waals surface area contributed by atoms with E-state index in [1.54, 1.807) is 42.8 Å². The van der Waals surface area contributed by atoms with Crippen molar-refractivity contribution >= 4 is 11.6 Å². The third kappa shape index (κ3) is 4.47. The Morgan fingerprint density at radius 3 is 2.73 bits per heavy atom. The van der Waals surface area contributed by atoms with Crippen molar-refractivity contribution in [3.63, 3.8) is 0 Å². The number of hydrogen-bond donors (Lipinski definition) is 2. The Balaban J connectivity index is 1.92. The molecule has 0 aliphatic rings. The Kier molecular flexibility index (Phi) is 5.70. The number of aliphatic hydroxyl groups is 1. The predicted octanol–water partition coefficient (Wildman–Crippen LogP) is 2.96. The molecule has 33 heavy (non-hydrogen) atoms. The predicted molar refractivity (Wildman–Crippen MR) is 123 cm³/mol.